The molecule has 27 heavy (non-hydrogen) atoms. The Bertz CT molecular complexity index is 907. The second-order valence-corrected chi connectivity index (χ2v) is 6.19. The van der Waals surface area contributed by atoms with Gasteiger partial charge < -0.3 is 14.8 Å². The van der Waals surface area contributed by atoms with E-state index in [1.165, 1.54) is 24.3 Å². The molecule has 0 bridgehead atoms. The SMILES string of the molecule is CCOc1cc2c(cc1/C=C/C(=O)Nc1cccc([N+](=O)[O-])c1)O[C@@H](C)C2. The summed E-state index contributed by atoms with van der Waals surface area (Å²) in [5.41, 5.74) is 2.10. The zero-order valence-corrected chi connectivity index (χ0v) is 15.1. The molecule has 0 aromatic heterocycles. The van der Waals surface area contributed by atoms with Gasteiger partial charge in [-0.1, -0.05) is 6.07 Å². The molecule has 0 unspecified atom stereocenters. The number of nitro benzene ring substituents is 1. The second kappa shape index (κ2) is 7.90. The second-order valence-electron chi connectivity index (χ2n) is 6.19. The Morgan fingerprint density at radius 3 is 2.96 bits per heavy atom. The number of rotatable bonds is 6. The number of amides is 1. The quantitative estimate of drug-likeness (QED) is 0.473. The monoisotopic (exact) mass is 368 g/mol. The van der Waals surface area contributed by atoms with E-state index in [1.54, 1.807) is 12.1 Å². The number of carbonyl (C=O) groups excluding carboxylic acids is 1. The molecule has 1 atom stereocenters. The molecule has 1 aliphatic heterocycles. The first-order chi connectivity index (χ1) is 13.0. The van der Waals surface area contributed by atoms with Crippen molar-refractivity contribution in [1.29, 1.82) is 0 Å². The summed E-state index contributed by atoms with van der Waals surface area (Å²) in [4.78, 5) is 22.5. The van der Waals surface area contributed by atoms with E-state index in [2.05, 4.69) is 5.32 Å². The lowest BCUT2D eigenvalue weighted by molar-refractivity contribution is -0.384. The maximum Gasteiger partial charge on any atom is 0.271 e. The molecule has 0 saturated carbocycles. The van der Waals surface area contributed by atoms with E-state index < -0.39 is 10.8 Å². The number of non-ortho nitro benzene ring substituents is 1. The zero-order chi connectivity index (χ0) is 19.4. The summed E-state index contributed by atoms with van der Waals surface area (Å²) >= 11 is 0. The van der Waals surface area contributed by atoms with E-state index >= 15 is 0 Å². The topological polar surface area (TPSA) is 90.7 Å². The molecule has 7 nitrogen and oxygen atoms in total. The normalized spacial score (nSPS) is 15.3. The molecule has 2 aromatic rings. The van der Waals surface area contributed by atoms with Crippen molar-refractivity contribution in [3.8, 4) is 11.5 Å². The summed E-state index contributed by atoms with van der Waals surface area (Å²) < 4.78 is 11.4. The molecule has 1 heterocycles. The van der Waals surface area contributed by atoms with Gasteiger partial charge in [-0.3, -0.25) is 14.9 Å². The fourth-order valence-corrected chi connectivity index (χ4v) is 2.91. The molecule has 0 radical (unpaired) electrons. The van der Waals surface area contributed by atoms with Gasteiger partial charge in [-0.05, 0) is 38.1 Å². The number of fused-ring (bicyclic) bond motifs is 1. The number of carbonyl (C=O) groups is 1. The standard InChI is InChI=1S/C20H20N2O5/c1-3-26-18-11-15-9-13(2)27-19(15)10-14(18)7-8-20(23)21-16-5-4-6-17(12-16)22(24)25/h4-8,10-13H,3,9H2,1-2H3,(H,21,23)/b8-7+/t13-/m0/s1. The lowest BCUT2D eigenvalue weighted by Crippen LogP contribution is -2.08. The van der Waals surface area contributed by atoms with Crippen molar-refractivity contribution < 1.29 is 19.2 Å². The van der Waals surface area contributed by atoms with Crippen LogP contribution in [-0.4, -0.2) is 23.5 Å². The molecule has 1 aliphatic rings. The van der Waals surface area contributed by atoms with Crippen LogP contribution in [0.1, 0.15) is 25.0 Å². The Hall–Kier alpha value is -3.35. The Balaban J connectivity index is 1.77. The highest BCUT2D eigenvalue weighted by Gasteiger charge is 2.21. The number of benzene rings is 2. The number of ether oxygens (including phenoxy) is 2. The highest BCUT2D eigenvalue weighted by molar-refractivity contribution is 6.02. The summed E-state index contributed by atoms with van der Waals surface area (Å²) in [6.07, 6.45) is 3.95. The average molecular weight is 368 g/mol. The molecule has 0 fully saturated rings. The average Bonchev–Trinajstić information content (AvgIpc) is 2.99. The highest BCUT2D eigenvalue weighted by atomic mass is 16.6. The Labute approximate surface area is 156 Å². The maximum absolute atomic E-state index is 12.2. The smallest absolute Gasteiger partial charge is 0.271 e. The first kappa shape index (κ1) is 18.4. The van der Waals surface area contributed by atoms with E-state index in [0.717, 1.165) is 23.3 Å². The Morgan fingerprint density at radius 2 is 2.22 bits per heavy atom. The first-order valence-corrected chi connectivity index (χ1v) is 8.66. The number of anilines is 1. The van der Waals surface area contributed by atoms with Gasteiger partial charge in [0.2, 0.25) is 5.91 Å². The van der Waals surface area contributed by atoms with Gasteiger partial charge in [0.25, 0.3) is 5.69 Å². The minimum atomic E-state index is -0.509. The minimum absolute atomic E-state index is 0.0831. The predicted octanol–water partition coefficient (Wildman–Crippen LogP) is 3.97. The van der Waals surface area contributed by atoms with Gasteiger partial charge in [0.15, 0.2) is 0 Å². The van der Waals surface area contributed by atoms with Crippen LogP contribution in [-0.2, 0) is 11.2 Å². The van der Waals surface area contributed by atoms with Crippen LogP contribution in [0.2, 0.25) is 0 Å². The molecule has 1 amide bonds. The van der Waals surface area contributed by atoms with Crippen molar-refractivity contribution >= 4 is 23.4 Å². The van der Waals surface area contributed by atoms with E-state index in [4.69, 9.17) is 9.47 Å². The molecule has 0 spiro atoms. The van der Waals surface area contributed by atoms with Gasteiger partial charge in [-0.2, -0.15) is 0 Å². The van der Waals surface area contributed by atoms with Crippen LogP contribution in [0, 0.1) is 10.1 Å². The van der Waals surface area contributed by atoms with Crippen LogP contribution in [0.3, 0.4) is 0 Å². The summed E-state index contributed by atoms with van der Waals surface area (Å²) in [5.74, 6) is 1.09. The molecule has 7 heteroatoms. The molecule has 0 aliphatic carbocycles. The minimum Gasteiger partial charge on any atom is -0.493 e. The van der Waals surface area contributed by atoms with Crippen LogP contribution < -0.4 is 14.8 Å². The third-order valence-corrected chi connectivity index (χ3v) is 4.07. The van der Waals surface area contributed by atoms with Crippen LogP contribution in [0.5, 0.6) is 11.5 Å². The number of nitro groups is 1. The van der Waals surface area contributed by atoms with Crippen molar-refractivity contribution in [2.75, 3.05) is 11.9 Å². The lowest BCUT2D eigenvalue weighted by atomic mass is 10.1. The molecular formula is C20H20N2O5. The fraction of sp³-hybridized carbons (Fsp3) is 0.250. The summed E-state index contributed by atoms with van der Waals surface area (Å²) in [6, 6.07) is 9.59. The number of hydrogen-bond acceptors (Lipinski definition) is 5. The highest BCUT2D eigenvalue weighted by Crippen LogP contribution is 2.35. The van der Waals surface area contributed by atoms with Gasteiger partial charge in [0.05, 0.1) is 11.5 Å². The number of nitrogens with one attached hydrogen (secondary N) is 1. The van der Waals surface area contributed by atoms with E-state index in [9.17, 15) is 14.9 Å². The van der Waals surface area contributed by atoms with Crippen molar-refractivity contribution in [1.82, 2.24) is 0 Å². The third-order valence-electron chi connectivity index (χ3n) is 4.07. The largest absolute Gasteiger partial charge is 0.493 e. The van der Waals surface area contributed by atoms with Gasteiger partial charge in [-0.25, -0.2) is 0 Å². The van der Waals surface area contributed by atoms with Crippen LogP contribution in [0.25, 0.3) is 6.08 Å². The van der Waals surface area contributed by atoms with Crippen LogP contribution >= 0.6 is 0 Å². The van der Waals surface area contributed by atoms with E-state index in [1.807, 2.05) is 26.0 Å². The van der Waals surface area contributed by atoms with Gasteiger partial charge in [0.1, 0.15) is 17.6 Å². The predicted molar refractivity (Wildman–Crippen MR) is 102 cm³/mol. The lowest BCUT2D eigenvalue weighted by Gasteiger charge is -2.10. The molecule has 140 valence electrons. The summed E-state index contributed by atoms with van der Waals surface area (Å²) in [6.45, 7) is 4.41. The van der Waals surface area contributed by atoms with Gasteiger partial charge >= 0.3 is 0 Å². The maximum atomic E-state index is 12.2. The van der Waals surface area contributed by atoms with Crippen molar-refractivity contribution in [2.24, 2.45) is 0 Å². The number of nitrogens with zero attached hydrogens (tertiary/aromatic N) is 1. The van der Waals surface area contributed by atoms with Gasteiger partial charge in [0, 0.05) is 41.4 Å². The number of hydrogen-bond donors (Lipinski definition) is 1. The molecule has 1 N–H and O–H groups in total. The van der Waals surface area contributed by atoms with Crippen LogP contribution in [0.15, 0.2) is 42.5 Å². The van der Waals surface area contributed by atoms with E-state index in [-0.39, 0.29) is 11.8 Å². The zero-order valence-electron chi connectivity index (χ0n) is 15.1. The van der Waals surface area contributed by atoms with Crippen molar-refractivity contribution in [2.45, 2.75) is 26.4 Å². The van der Waals surface area contributed by atoms with Crippen molar-refractivity contribution in [3.05, 3.63) is 63.7 Å². The van der Waals surface area contributed by atoms with Crippen LogP contribution in [0.4, 0.5) is 11.4 Å². The van der Waals surface area contributed by atoms with Gasteiger partial charge in [-0.15, -0.1) is 0 Å². The molecular weight excluding hydrogens is 348 g/mol. The van der Waals surface area contributed by atoms with Crippen molar-refractivity contribution in [3.63, 3.8) is 0 Å². The molecule has 0 saturated heterocycles. The third kappa shape index (κ3) is 4.44. The summed E-state index contributed by atoms with van der Waals surface area (Å²) in [5, 5.41) is 13.4. The van der Waals surface area contributed by atoms with E-state index in [0.29, 0.717) is 18.0 Å². The Morgan fingerprint density at radius 1 is 1.41 bits per heavy atom. The first-order valence-electron chi connectivity index (χ1n) is 8.66. The Kier molecular flexibility index (Phi) is 5.40. The summed E-state index contributed by atoms with van der Waals surface area (Å²) in [7, 11) is 0. The molecule has 3 rings (SSSR count). The molecule has 2 aromatic carbocycles. The fourth-order valence-electron chi connectivity index (χ4n) is 2.91.